The van der Waals surface area contributed by atoms with Crippen molar-refractivity contribution >= 4 is 11.8 Å². The van der Waals surface area contributed by atoms with Crippen molar-refractivity contribution in [3.8, 4) is 6.01 Å². The highest BCUT2D eigenvalue weighted by Gasteiger charge is 2.40. The molecule has 2 heterocycles. The van der Waals surface area contributed by atoms with Gasteiger partial charge in [-0.15, -0.1) is 0 Å². The molecule has 116 valence electrons. The number of hydrogen-bond acceptors (Lipinski definition) is 6. The lowest BCUT2D eigenvalue weighted by atomic mass is 10.0. The second-order valence-corrected chi connectivity index (χ2v) is 6.41. The quantitative estimate of drug-likeness (QED) is 0.479. The van der Waals surface area contributed by atoms with Crippen molar-refractivity contribution in [2.45, 2.75) is 58.3 Å². The number of nitrogens with zero attached hydrogens (tertiary/aromatic N) is 3. The Morgan fingerprint density at radius 2 is 2.29 bits per heavy atom. The van der Waals surface area contributed by atoms with Crippen LogP contribution in [0, 0.1) is 10.1 Å². The highest BCUT2D eigenvalue weighted by Crippen LogP contribution is 2.33. The number of carbonyl (C=O) groups is 1. The smallest absolute Gasteiger partial charge is 0.414 e. The van der Waals surface area contributed by atoms with Crippen LogP contribution in [0.5, 0.6) is 6.01 Å². The molecule has 1 aliphatic heterocycles. The molecule has 0 N–H and O–H groups in total. The van der Waals surface area contributed by atoms with Crippen LogP contribution >= 0.6 is 0 Å². The molecule has 0 fully saturated rings. The summed E-state index contributed by atoms with van der Waals surface area (Å²) in [5.74, 6) is -0.526. The normalized spacial score (nSPS) is 20.8. The SMILES string of the molecule is CC(C)(C)OC(=O)CCC1(C)Cn2cc([N+](=O)[O-])nc2O1. The average Bonchev–Trinajstić information content (AvgIpc) is 2.79. The van der Waals surface area contributed by atoms with Gasteiger partial charge in [0.1, 0.15) is 17.4 Å². The Kier molecular flexibility index (Phi) is 3.65. The van der Waals surface area contributed by atoms with E-state index in [9.17, 15) is 14.9 Å². The van der Waals surface area contributed by atoms with Gasteiger partial charge in [-0.3, -0.25) is 9.36 Å². The Labute approximate surface area is 122 Å². The summed E-state index contributed by atoms with van der Waals surface area (Å²) < 4.78 is 12.5. The maximum absolute atomic E-state index is 11.7. The standard InChI is InChI=1S/C13H19N3O5/c1-12(2,3)20-10(17)5-6-13(4)8-15-7-9(16(18)19)14-11(15)21-13/h7H,5-6,8H2,1-4H3. The molecular formula is C13H19N3O5. The van der Waals surface area contributed by atoms with Crippen molar-refractivity contribution < 1.29 is 19.2 Å². The van der Waals surface area contributed by atoms with E-state index >= 15 is 0 Å². The third-order valence-electron chi connectivity index (χ3n) is 3.03. The summed E-state index contributed by atoms with van der Waals surface area (Å²) in [7, 11) is 0. The number of hydrogen-bond donors (Lipinski definition) is 0. The van der Waals surface area contributed by atoms with E-state index < -0.39 is 16.1 Å². The number of carbonyl (C=O) groups excluding carboxylic acids is 1. The predicted molar refractivity (Wildman–Crippen MR) is 73.0 cm³/mol. The minimum atomic E-state index is -0.603. The number of aromatic nitrogens is 2. The molecule has 1 unspecified atom stereocenters. The van der Waals surface area contributed by atoms with Crippen molar-refractivity contribution in [1.82, 2.24) is 9.55 Å². The molecule has 1 atom stereocenters. The van der Waals surface area contributed by atoms with Crippen molar-refractivity contribution in [2.24, 2.45) is 0 Å². The van der Waals surface area contributed by atoms with Crippen LogP contribution in [0.15, 0.2) is 6.20 Å². The Hall–Kier alpha value is -2.12. The van der Waals surface area contributed by atoms with Gasteiger partial charge in [0.2, 0.25) is 0 Å². The molecule has 21 heavy (non-hydrogen) atoms. The van der Waals surface area contributed by atoms with Crippen LogP contribution in [0.25, 0.3) is 0 Å². The molecule has 0 aromatic carbocycles. The fourth-order valence-corrected chi connectivity index (χ4v) is 2.17. The first-order chi connectivity index (χ1) is 9.58. The van der Waals surface area contributed by atoms with Gasteiger partial charge in [0.25, 0.3) is 0 Å². The summed E-state index contributed by atoms with van der Waals surface area (Å²) in [4.78, 5) is 25.6. The Bertz CT molecular complexity index is 549. The first kappa shape index (κ1) is 15.3. The van der Waals surface area contributed by atoms with E-state index in [0.29, 0.717) is 13.0 Å². The van der Waals surface area contributed by atoms with Crippen LogP contribution in [-0.2, 0) is 16.1 Å². The van der Waals surface area contributed by atoms with Crippen LogP contribution < -0.4 is 4.74 Å². The first-order valence-corrected chi connectivity index (χ1v) is 6.70. The van der Waals surface area contributed by atoms with Crippen molar-refractivity contribution in [2.75, 3.05) is 0 Å². The zero-order valence-electron chi connectivity index (χ0n) is 12.6. The maximum Gasteiger partial charge on any atom is 0.414 e. The van der Waals surface area contributed by atoms with Gasteiger partial charge in [0, 0.05) is 11.4 Å². The van der Waals surface area contributed by atoms with Gasteiger partial charge < -0.3 is 19.6 Å². The molecule has 1 aromatic rings. The lowest BCUT2D eigenvalue weighted by Gasteiger charge is -2.23. The number of esters is 1. The summed E-state index contributed by atoms with van der Waals surface area (Å²) >= 11 is 0. The van der Waals surface area contributed by atoms with E-state index in [2.05, 4.69) is 4.98 Å². The average molecular weight is 297 g/mol. The number of rotatable bonds is 4. The van der Waals surface area contributed by atoms with Crippen LogP contribution in [0.1, 0.15) is 40.5 Å². The molecule has 1 aliphatic rings. The summed E-state index contributed by atoms with van der Waals surface area (Å²) in [6.07, 6.45) is 2.02. The van der Waals surface area contributed by atoms with E-state index in [4.69, 9.17) is 9.47 Å². The summed E-state index contributed by atoms with van der Waals surface area (Å²) in [6.45, 7) is 7.71. The van der Waals surface area contributed by atoms with Crippen LogP contribution in [0.3, 0.4) is 0 Å². The third kappa shape index (κ3) is 3.71. The van der Waals surface area contributed by atoms with Crippen LogP contribution in [0.4, 0.5) is 5.82 Å². The number of nitro groups is 1. The highest BCUT2D eigenvalue weighted by molar-refractivity contribution is 5.69. The highest BCUT2D eigenvalue weighted by atomic mass is 16.6. The monoisotopic (exact) mass is 297 g/mol. The minimum Gasteiger partial charge on any atom is -0.460 e. The number of fused-ring (bicyclic) bond motifs is 1. The summed E-state index contributed by atoms with van der Waals surface area (Å²) in [5, 5.41) is 10.6. The van der Waals surface area contributed by atoms with E-state index in [1.165, 1.54) is 6.20 Å². The molecule has 0 aliphatic carbocycles. The minimum absolute atomic E-state index is 0.216. The van der Waals surface area contributed by atoms with Crippen molar-refractivity contribution in [3.05, 3.63) is 16.3 Å². The molecule has 0 amide bonds. The summed E-state index contributed by atoms with van der Waals surface area (Å²) in [6, 6.07) is 0.216. The fraction of sp³-hybridized carbons (Fsp3) is 0.692. The molecule has 0 radical (unpaired) electrons. The van der Waals surface area contributed by atoms with Gasteiger partial charge in [-0.1, -0.05) is 0 Å². The topological polar surface area (TPSA) is 96.5 Å². The van der Waals surface area contributed by atoms with Gasteiger partial charge in [-0.2, -0.15) is 0 Å². The van der Waals surface area contributed by atoms with Gasteiger partial charge >= 0.3 is 17.8 Å². The Morgan fingerprint density at radius 1 is 1.62 bits per heavy atom. The largest absolute Gasteiger partial charge is 0.460 e. The zero-order valence-corrected chi connectivity index (χ0v) is 12.6. The first-order valence-electron chi connectivity index (χ1n) is 6.70. The van der Waals surface area contributed by atoms with Crippen LogP contribution in [-0.4, -0.2) is 31.6 Å². The molecule has 1 aromatic heterocycles. The zero-order chi connectivity index (χ0) is 15.8. The second-order valence-electron chi connectivity index (χ2n) is 6.41. The second kappa shape index (κ2) is 5.01. The van der Waals surface area contributed by atoms with E-state index in [-0.39, 0.29) is 24.2 Å². The molecule has 8 heteroatoms. The van der Waals surface area contributed by atoms with E-state index in [0.717, 1.165) is 0 Å². The molecule has 8 nitrogen and oxygen atoms in total. The fourth-order valence-electron chi connectivity index (χ4n) is 2.17. The van der Waals surface area contributed by atoms with Crippen molar-refractivity contribution in [3.63, 3.8) is 0 Å². The lowest BCUT2D eigenvalue weighted by Crippen LogP contribution is -2.33. The van der Waals surface area contributed by atoms with Gasteiger partial charge in [0.05, 0.1) is 6.54 Å². The molecule has 0 bridgehead atoms. The van der Waals surface area contributed by atoms with Gasteiger partial charge in [0.15, 0.2) is 0 Å². The van der Waals surface area contributed by atoms with E-state index in [1.807, 2.05) is 27.7 Å². The lowest BCUT2D eigenvalue weighted by molar-refractivity contribution is -0.389. The maximum atomic E-state index is 11.7. The summed E-state index contributed by atoms with van der Waals surface area (Å²) in [5.41, 5.74) is -1.11. The van der Waals surface area contributed by atoms with Gasteiger partial charge in [-0.05, 0) is 39.0 Å². The third-order valence-corrected chi connectivity index (χ3v) is 3.03. The van der Waals surface area contributed by atoms with Gasteiger partial charge in [-0.25, -0.2) is 0 Å². The number of ether oxygens (including phenoxy) is 2. The van der Waals surface area contributed by atoms with E-state index in [1.54, 1.807) is 4.57 Å². The number of imidazole rings is 1. The molecule has 0 saturated heterocycles. The van der Waals surface area contributed by atoms with Crippen molar-refractivity contribution in [1.29, 1.82) is 0 Å². The van der Waals surface area contributed by atoms with Crippen LogP contribution in [0.2, 0.25) is 0 Å². The molecule has 0 saturated carbocycles. The molecule has 2 rings (SSSR count). The Morgan fingerprint density at radius 3 is 2.81 bits per heavy atom. The predicted octanol–water partition coefficient (Wildman–Crippen LogP) is 2.06. The Balaban J connectivity index is 1.92. The molecule has 0 spiro atoms. The molecular weight excluding hydrogens is 278 g/mol.